The molecule has 0 aliphatic carbocycles. The Morgan fingerprint density at radius 1 is 0.559 bits per heavy atom. The van der Waals surface area contributed by atoms with Crippen LogP contribution in [-0.2, 0) is 67.7 Å². The van der Waals surface area contributed by atoms with Crippen LogP contribution >= 0.6 is 0 Å². The van der Waals surface area contributed by atoms with Gasteiger partial charge in [0.2, 0.25) is 0 Å². The Bertz CT molecular complexity index is 548. The van der Waals surface area contributed by atoms with Gasteiger partial charge < -0.3 is 0 Å². The molecule has 14 heteroatoms. The van der Waals surface area contributed by atoms with Crippen LogP contribution in [0.2, 0.25) is 22.8 Å². The van der Waals surface area contributed by atoms with Gasteiger partial charge in [-0.2, -0.15) is 36.4 Å². The third kappa shape index (κ3) is 156. The molecule has 0 amide bonds. The molecule has 34 heavy (non-hydrogen) atoms. The Morgan fingerprint density at radius 2 is 0.706 bits per heavy atom. The van der Waals surface area contributed by atoms with E-state index in [0.29, 0.717) is 0 Å². The molecule has 0 saturated carbocycles. The summed E-state index contributed by atoms with van der Waals surface area (Å²) < 4.78 is 66.1. The molecule has 0 bridgehead atoms. The van der Waals surface area contributed by atoms with Crippen LogP contribution in [0.4, 0.5) is 0 Å². The van der Waals surface area contributed by atoms with E-state index >= 15 is 0 Å². The molecule has 2 aromatic carbocycles. The van der Waals surface area contributed by atoms with E-state index in [1.54, 1.807) is 22.8 Å². The fraction of sp³-hybridized carbons (Fsp3) is 0.300. The van der Waals surface area contributed by atoms with Crippen molar-refractivity contribution in [3.8, 4) is 0 Å². The van der Waals surface area contributed by atoms with Crippen LogP contribution in [0.3, 0.4) is 0 Å². The third-order valence-corrected chi connectivity index (χ3v) is 1.66. The Kier molecular flexibility index (Phi) is 197. The van der Waals surface area contributed by atoms with Crippen molar-refractivity contribution >= 4 is 62.8 Å². The first-order valence-corrected chi connectivity index (χ1v) is 18.1. The molecule has 0 fully saturated rings. The van der Waals surface area contributed by atoms with Crippen LogP contribution in [0.5, 0.6) is 0 Å². The molecule has 0 heterocycles. The van der Waals surface area contributed by atoms with E-state index in [1.165, 1.54) is 11.1 Å². The van der Waals surface area contributed by atoms with E-state index in [9.17, 15) is 0 Å². The Hall–Kier alpha value is 0.133. The topological polar surface area (TPSA) is 148 Å². The van der Waals surface area contributed by atoms with E-state index in [0.717, 1.165) is 0 Å². The van der Waals surface area contributed by atoms with Crippen LogP contribution in [-0.4, -0.2) is 62.8 Å². The van der Waals surface area contributed by atoms with E-state index in [-0.39, 0.29) is 34.1 Å². The average Bonchev–Trinajstić information content (AvgIpc) is 3.50. The van der Waals surface area contributed by atoms with Crippen molar-refractivity contribution in [2.24, 2.45) is 0 Å². The van der Waals surface area contributed by atoms with Gasteiger partial charge in [0.1, 0.15) is 0 Å². The maximum absolute atomic E-state index is 9.02. The van der Waals surface area contributed by atoms with Gasteiger partial charge in [-0.05, 0) is 0 Å². The van der Waals surface area contributed by atoms with Crippen molar-refractivity contribution in [1.29, 1.82) is 0 Å². The fourth-order valence-electron chi connectivity index (χ4n) is 0.940. The first-order chi connectivity index (χ1) is 15.4. The second-order valence-electron chi connectivity index (χ2n) is 3.65. The van der Waals surface area contributed by atoms with Gasteiger partial charge in [0.25, 0.3) is 0 Å². The smallest absolute Gasteiger partial charge is 0 e. The van der Waals surface area contributed by atoms with Crippen molar-refractivity contribution in [3.05, 3.63) is 86.3 Å². The second kappa shape index (κ2) is 104. The predicted molar refractivity (Wildman–Crippen MR) is 118 cm³/mol. The van der Waals surface area contributed by atoms with Crippen molar-refractivity contribution in [2.75, 3.05) is 0 Å². The Labute approximate surface area is 251 Å². The summed E-state index contributed by atoms with van der Waals surface area (Å²) in [7, 11) is 0. The number of aryl methyl sites for hydroxylation is 2. The van der Waals surface area contributed by atoms with E-state index in [4.69, 9.17) is 33.6 Å². The summed E-state index contributed by atoms with van der Waals surface area (Å²) in [5.74, 6) is 0. The van der Waals surface area contributed by atoms with E-state index in [2.05, 4.69) is 64.7 Å². The Balaban J connectivity index is -0.0000000243. The summed E-state index contributed by atoms with van der Waals surface area (Å²) in [4.78, 5) is 0. The average molecular weight is 804 g/mol. The van der Waals surface area contributed by atoms with Crippen LogP contribution in [0, 0.1) is 40.4 Å². The van der Waals surface area contributed by atoms with Crippen molar-refractivity contribution < 1.29 is 67.7 Å². The van der Waals surface area contributed by atoms with Crippen molar-refractivity contribution in [1.82, 2.24) is 0 Å². The molecule has 0 aliphatic heterocycles. The molecule has 0 N–H and O–H groups in total. The van der Waals surface area contributed by atoms with Crippen molar-refractivity contribution in [3.63, 3.8) is 0 Å². The summed E-state index contributed by atoms with van der Waals surface area (Å²) in [6.45, 7) is 22.2. The molecule has 8 nitrogen and oxygen atoms in total. The van der Waals surface area contributed by atoms with E-state index < -0.39 is 62.8 Å². The van der Waals surface area contributed by atoms with Gasteiger partial charge in [0.05, 0.1) is 0 Å². The largest absolute Gasteiger partial charge is 0 e. The Morgan fingerprint density at radius 3 is 0.735 bits per heavy atom. The molecule has 190 valence electrons. The quantitative estimate of drug-likeness (QED) is 0.228. The normalized spacial score (nSPS) is 5.82. The first kappa shape index (κ1) is 64.3. The molecule has 0 aliphatic rings. The predicted octanol–water partition coefficient (Wildman–Crippen LogP) is 3.61. The molecule has 2 aromatic rings. The molecule has 2 radical (unpaired) electrons. The van der Waals surface area contributed by atoms with Gasteiger partial charge in [0, 0.05) is 34.1 Å². The summed E-state index contributed by atoms with van der Waals surface area (Å²) in [6, 6.07) is 16.5. The fourth-order valence-corrected chi connectivity index (χ4v) is 0.940. The van der Waals surface area contributed by atoms with Crippen molar-refractivity contribution in [2.45, 2.75) is 36.7 Å². The van der Waals surface area contributed by atoms with Crippen LogP contribution in [0.15, 0.2) is 48.5 Å². The molecular weight excluding hydrogens is 778 g/mol. The standard InChI is InChI=1S/2C6H7.4CH3AsO.4CO.2Mn/c2*1-6-4-2-3-5-6;4*1-2-3;4*1-2;;/h2*2-5H,1H3;4*1H3;;;;;;/q2*-1;;;;;;;;;;. The summed E-state index contributed by atoms with van der Waals surface area (Å²) in [5, 5.41) is 0. The van der Waals surface area contributed by atoms with Gasteiger partial charge >= 0.3 is 146 Å². The minimum Gasteiger partial charge on any atom is 0 e. The number of hydrogen-bond acceptors (Lipinski definition) is 4. The minimum absolute atomic E-state index is 0. The maximum atomic E-state index is 9.02. The molecule has 0 unspecified atom stereocenters. The van der Waals surface area contributed by atoms with Gasteiger partial charge in [-0.1, -0.05) is 13.8 Å². The molecule has 0 spiro atoms. The van der Waals surface area contributed by atoms with Crippen LogP contribution in [0.25, 0.3) is 0 Å². The van der Waals surface area contributed by atoms with E-state index in [1.807, 2.05) is 24.3 Å². The van der Waals surface area contributed by atoms with Crippen LogP contribution in [0.1, 0.15) is 11.1 Å². The summed E-state index contributed by atoms with van der Waals surface area (Å²) >= 11 is -2.25. The monoisotopic (exact) mass is 804 g/mol. The summed E-state index contributed by atoms with van der Waals surface area (Å²) in [6.07, 6.45) is 0. The van der Waals surface area contributed by atoms with Gasteiger partial charge in [-0.3, -0.25) is 0 Å². The first-order valence-electron chi connectivity index (χ1n) is 7.49. The van der Waals surface area contributed by atoms with Gasteiger partial charge in [-0.15, -0.1) is 0 Å². The zero-order chi connectivity index (χ0) is 27.6. The second-order valence-corrected chi connectivity index (χ2v) is 6.72. The zero-order valence-electron chi connectivity index (χ0n) is 19.4. The van der Waals surface area contributed by atoms with Crippen LogP contribution < -0.4 is 0 Å². The number of hydrogen-bond donors (Lipinski definition) is 0. The minimum atomic E-state index is -0.562. The summed E-state index contributed by atoms with van der Waals surface area (Å²) in [5.41, 5.74) is 9.34. The molecule has 0 atom stereocenters. The third-order valence-electron chi connectivity index (χ3n) is 1.66. The number of rotatable bonds is 0. The molecule has 2 rings (SSSR count). The van der Waals surface area contributed by atoms with Gasteiger partial charge in [0.15, 0.2) is 0 Å². The molecule has 0 aromatic heterocycles. The zero-order valence-corrected chi connectivity index (χ0v) is 29.3. The molecule has 0 saturated heterocycles. The van der Waals surface area contributed by atoms with Gasteiger partial charge in [-0.25, -0.2) is 23.3 Å². The molecular formula is C20H26As4Mn2O8-2. The maximum Gasteiger partial charge on any atom is 0 e. The SMILES string of the molecule is C[As]=O.C[As]=O.C[As]=O.C[As]=O.Cc1cc[cH-]c1.Cc1cc[cH-]c1.[C-]#[O+].[C-]#[O+].[C-]#[O+].[C-]#[O+].[Mn].[Mn].